The van der Waals surface area contributed by atoms with E-state index in [9.17, 15) is 4.79 Å². The molecular weight excluding hydrogens is 419 g/mol. The molecule has 0 aromatic heterocycles. The predicted molar refractivity (Wildman–Crippen MR) is 106 cm³/mol. The fourth-order valence-corrected chi connectivity index (χ4v) is 2.78. The summed E-state index contributed by atoms with van der Waals surface area (Å²) in [5.74, 6) is 2.44. The lowest BCUT2D eigenvalue weighted by molar-refractivity contribution is -0.117. The summed E-state index contributed by atoms with van der Waals surface area (Å²) in [5.41, 5.74) is 0.875. The molecule has 2 N–H and O–H groups in total. The molecule has 132 valence electrons. The molecular formula is C17H25IN4O2. The average molecular weight is 444 g/mol. The van der Waals surface area contributed by atoms with Crippen LogP contribution < -0.4 is 20.3 Å². The van der Waals surface area contributed by atoms with E-state index in [0.717, 1.165) is 29.9 Å². The van der Waals surface area contributed by atoms with Crippen LogP contribution >= 0.6 is 24.0 Å². The SMILES string of the molecule is CN=C(NCC1CC1)NC1CC(=O)N(c2cccc(OC)c2)C1.I. The van der Waals surface area contributed by atoms with E-state index < -0.39 is 0 Å². The number of hydrogen-bond acceptors (Lipinski definition) is 3. The number of guanidine groups is 1. The zero-order valence-corrected chi connectivity index (χ0v) is 16.4. The molecule has 0 spiro atoms. The van der Waals surface area contributed by atoms with Gasteiger partial charge in [-0.15, -0.1) is 24.0 Å². The van der Waals surface area contributed by atoms with Gasteiger partial charge in [-0.3, -0.25) is 9.79 Å². The molecule has 1 unspecified atom stereocenters. The highest BCUT2D eigenvalue weighted by molar-refractivity contribution is 14.0. The van der Waals surface area contributed by atoms with Crippen LogP contribution in [0.4, 0.5) is 5.69 Å². The van der Waals surface area contributed by atoms with Gasteiger partial charge in [0.25, 0.3) is 0 Å². The highest BCUT2D eigenvalue weighted by atomic mass is 127. The topological polar surface area (TPSA) is 66.0 Å². The van der Waals surface area contributed by atoms with E-state index in [1.165, 1.54) is 12.8 Å². The molecule has 1 aromatic carbocycles. The molecule has 1 aliphatic carbocycles. The Morgan fingerprint density at radius 2 is 2.21 bits per heavy atom. The van der Waals surface area contributed by atoms with Crippen molar-refractivity contribution in [1.29, 1.82) is 0 Å². The smallest absolute Gasteiger partial charge is 0.229 e. The maximum Gasteiger partial charge on any atom is 0.229 e. The molecule has 6 nitrogen and oxygen atoms in total. The Hall–Kier alpha value is -1.51. The number of amides is 1. The Labute approximate surface area is 160 Å². The largest absolute Gasteiger partial charge is 0.497 e. The van der Waals surface area contributed by atoms with Gasteiger partial charge in [0, 0.05) is 38.3 Å². The minimum absolute atomic E-state index is 0. The number of carbonyl (C=O) groups is 1. The molecule has 24 heavy (non-hydrogen) atoms. The van der Waals surface area contributed by atoms with Gasteiger partial charge < -0.3 is 20.3 Å². The van der Waals surface area contributed by atoms with Crippen molar-refractivity contribution in [3.63, 3.8) is 0 Å². The second-order valence-corrected chi connectivity index (χ2v) is 6.15. The number of anilines is 1. The molecule has 0 radical (unpaired) electrons. The number of aliphatic imine (C=N–C) groups is 1. The molecule has 2 aliphatic rings. The van der Waals surface area contributed by atoms with E-state index in [1.807, 2.05) is 24.3 Å². The number of ether oxygens (including phenoxy) is 1. The van der Waals surface area contributed by atoms with Crippen LogP contribution in [-0.4, -0.2) is 45.2 Å². The standard InChI is InChI=1S/C17H24N4O2.HI/c1-18-17(19-10-12-6-7-12)20-13-8-16(22)21(11-13)14-4-3-5-15(9-14)23-2;/h3-5,9,12-13H,6-8,10-11H2,1-2H3,(H2,18,19,20);1H. The maximum atomic E-state index is 12.3. The van der Waals surface area contributed by atoms with Gasteiger partial charge in [-0.1, -0.05) is 6.07 Å². The van der Waals surface area contributed by atoms with Gasteiger partial charge in [0.1, 0.15) is 5.75 Å². The molecule has 2 fully saturated rings. The van der Waals surface area contributed by atoms with Crippen molar-refractivity contribution >= 4 is 41.5 Å². The third-order valence-electron chi connectivity index (χ3n) is 4.31. The van der Waals surface area contributed by atoms with Gasteiger partial charge in [-0.05, 0) is 30.9 Å². The molecule has 1 aromatic rings. The molecule has 1 saturated heterocycles. The van der Waals surface area contributed by atoms with Gasteiger partial charge in [-0.2, -0.15) is 0 Å². The number of rotatable bonds is 5. The number of carbonyl (C=O) groups excluding carboxylic acids is 1. The van der Waals surface area contributed by atoms with Crippen LogP contribution in [0.15, 0.2) is 29.3 Å². The van der Waals surface area contributed by atoms with Gasteiger partial charge in [0.05, 0.1) is 13.2 Å². The molecule has 1 heterocycles. The normalized spacial score (nSPS) is 20.6. The first-order chi connectivity index (χ1) is 11.2. The van der Waals surface area contributed by atoms with Crippen LogP contribution in [-0.2, 0) is 4.79 Å². The summed E-state index contributed by atoms with van der Waals surface area (Å²) in [4.78, 5) is 18.4. The number of halogens is 1. The lowest BCUT2D eigenvalue weighted by Crippen LogP contribution is -2.45. The van der Waals surface area contributed by atoms with Crippen molar-refractivity contribution in [3.8, 4) is 5.75 Å². The highest BCUT2D eigenvalue weighted by Crippen LogP contribution is 2.27. The summed E-state index contributed by atoms with van der Waals surface area (Å²) in [6.07, 6.45) is 3.08. The third kappa shape index (κ3) is 4.75. The van der Waals surface area contributed by atoms with E-state index in [0.29, 0.717) is 13.0 Å². The second-order valence-electron chi connectivity index (χ2n) is 6.15. The van der Waals surface area contributed by atoms with E-state index in [2.05, 4.69) is 15.6 Å². The van der Waals surface area contributed by atoms with Crippen molar-refractivity contribution in [3.05, 3.63) is 24.3 Å². The van der Waals surface area contributed by atoms with Gasteiger partial charge in [0.15, 0.2) is 5.96 Å². The first-order valence-corrected chi connectivity index (χ1v) is 8.11. The van der Waals surface area contributed by atoms with Crippen LogP contribution in [0.5, 0.6) is 5.75 Å². The van der Waals surface area contributed by atoms with E-state index in [-0.39, 0.29) is 35.9 Å². The molecule has 0 bridgehead atoms. The summed E-state index contributed by atoms with van der Waals surface area (Å²) < 4.78 is 5.24. The lowest BCUT2D eigenvalue weighted by Gasteiger charge is -2.19. The molecule has 7 heteroatoms. The van der Waals surface area contributed by atoms with Crippen molar-refractivity contribution in [2.24, 2.45) is 10.9 Å². The van der Waals surface area contributed by atoms with Gasteiger partial charge in [0.2, 0.25) is 5.91 Å². The number of nitrogens with zero attached hydrogens (tertiary/aromatic N) is 2. The monoisotopic (exact) mass is 444 g/mol. The average Bonchev–Trinajstić information content (AvgIpc) is 3.33. The van der Waals surface area contributed by atoms with Crippen LogP contribution in [0, 0.1) is 5.92 Å². The Bertz CT molecular complexity index is 604. The molecule has 3 rings (SSSR count). The van der Waals surface area contributed by atoms with Gasteiger partial charge >= 0.3 is 0 Å². The van der Waals surface area contributed by atoms with Crippen LogP contribution in [0.25, 0.3) is 0 Å². The first kappa shape index (κ1) is 18.8. The Balaban J connectivity index is 0.00000208. The number of nitrogens with one attached hydrogen (secondary N) is 2. The second kappa shape index (κ2) is 8.55. The van der Waals surface area contributed by atoms with Crippen molar-refractivity contribution in [1.82, 2.24) is 10.6 Å². The fraction of sp³-hybridized carbons (Fsp3) is 0.529. The quantitative estimate of drug-likeness (QED) is 0.414. The summed E-state index contributed by atoms with van der Waals surface area (Å²) in [5, 5.41) is 6.69. The number of hydrogen-bond donors (Lipinski definition) is 2. The third-order valence-corrected chi connectivity index (χ3v) is 4.31. The Morgan fingerprint density at radius 3 is 2.88 bits per heavy atom. The summed E-state index contributed by atoms with van der Waals surface area (Å²) in [7, 11) is 3.39. The minimum Gasteiger partial charge on any atom is -0.497 e. The number of benzene rings is 1. The minimum atomic E-state index is 0. The first-order valence-electron chi connectivity index (χ1n) is 8.11. The van der Waals surface area contributed by atoms with Crippen LogP contribution in [0.2, 0.25) is 0 Å². The van der Waals surface area contributed by atoms with Gasteiger partial charge in [-0.25, -0.2) is 0 Å². The molecule has 1 saturated carbocycles. The Kier molecular flexibility index (Phi) is 6.70. The van der Waals surface area contributed by atoms with E-state index in [1.54, 1.807) is 19.1 Å². The molecule has 1 amide bonds. The summed E-state index contributed by atoms with van der Waals surface area (Å²) in [6.45, 7) is 1.59. The zero-order valence-electron chi connectivity index (χ0n) is 14.1. The summed E-state index contributed by atoms with van der Waals surface area (Å²) in [6, 6.07) is 7.67. The predicted octanol–water partition coefficient (Wildman–Crippen LogP) is 1.99. The van der Waals surface area contributed by atoms with Crippen molar-refractivity contribution in [2.45, 2.75) is 25.3 Å². The zero-order chi connectivity index (χ0) is 16.2. The van der Waals surface area contributed by atoms with E-state index in [4.69, 9.17) is 4.74 Å². The van der Waals surface area contributed by atoms with Crippen molar-refractivity contribution < 1.29 is 9.53 Å². The van der Waals surface area contributed by atoms with E-state index >= 15 is 0 Å². The summed E-state index contributed by atoms with van der Waals surface area (Å²) >= 11 is 0. The Morgan fingerprint density at radius 1 is 1.42 bits per heavy atom. The molecule has 1 aliphatic heterocycles. The highest BCUT2D eigenvalue weighted by Gasteiger charge is 2.31. The fourth-order valence-electron chi connectivity index (χ4n) is 2.78. The lowest BCUT2D eigenvalue weighted by atomic mass is 10.2. The maximum absolute atomic E-state index is 12.3. The van der Waals surface area contributed by atoms with Crippen LogP contribution in [0.3, 0.4) is 0 Å². The van der Waals surface area contributed by atoms with Crippen LogP contribution in [0.1, 0.15) is 19.3 Å². The van der Waals surface area contributed by atoms with Crippen molar-refractivity contribution in [2.75, 3.05) is 32.1 Å². The molecule has 1 atom stereocenters. The number of methoxy groups -OCH3 is 1.